The van der Waals surface area contributed by atoms with Crippen molar-refractivity contribution in [2.45, 2.75) is 32.6 Å². The summed E-state index contributed by atoms with van der Waals surface area (Å²) in [4.78, 5) is 0. The average Bonchev–Trinajstić information content (AvgIpc) is 2.75. The maximum Gasteiger partial charge on any atom is 0.152 e. The van der Waals surface area contributed by atoms with Crippen molar-refractivity contribution in [1.82, 2.24) is 5.32 Å². The summed E-state index contributed by atoms with van der Waals surface area (Å²) >= 11 is 0. The van der Waals surface area contributed by atoms with Crippen molar-refractivity contribution in [2.75, 3.05) is 13.1 Å². The molecule has 1 aromatic carbocycles. The summed E-state index contributed by atoms with van der Waals surface area (Å²) in [5.41, 5.74) is 3.86. The fourth-order valence-electron chi connectivity index (χ4n) is 2.93. The molecule has 1 N–H and O–H groups in total. The van der Waals surface area contributed by atoms with Gasteiger partial charge in [-0.2, -0.15) is 5.26 Å². The highest BCUT2D eigenvalue weighted by atomic mass is 16.3. The molecule has 0 radical (unpaired) electrons. The molecule has 0 bridgehead atoms. The maximum atomic E-state index is 9.34. The summed E-state index contributed by atoms with van der Waals surface area (Å²) in [5.74, 6) is 1.47. The normalized spacial score (nSPS) is 16.7. The molecule has 0 saturated carbocycles. The molecule has 0 unspecified atom stereocenters. The molecule has 2 heterocycles. The molecule has 1 aromatic heterocycles. The van der Waals surface area contributed by atoms with E-state index in [0.29, 0.717) is 11.5 Å². The van der Waals surface area contributed by atoms with Gasteiger partial charge in [0.05, 0.1) is 5.56 Å². The molecule has 3 heteroatoms. The predicted octanol–water partition coefficient (Wildman–Crippen LogP) is 3.39. The molecule has 1 aliphatic rings. The smallest absolute Gasteiger partial charge is 0.152 e. The highest BCUT2D eigenvalue weighted by Crippen LogP contribution is 2.33. The molecule has 1 saturated heterocycles. The van der Waals surface area contributed by atoms with Crippen molar-refractivity contribution in [3.05, 3.63) is 34.6 Å². The van der Waals surface area contributed by atoms with Gasteiger partial charge in [-0.1, -0.05) is 0 Å². The van der Waals surface area contributed by atoms with Crippen LogP contribution in [0.15, 0.2) is 16.5 Å². The van der Waals surface area contributed by atoms with Crippen LogP contribution in [0, 0.1) is 25.2 Å². The number of nitrogens with zero attached hydrogens (tertiary/aromatic N) is 1. The van der Waals surface area contributed by atoms with Crippen molar-refractivity contribution in [1.29, 1.82) is 5.26 Å². The van der Waals surface area contributed by atoms with Gasteiger partial charge in [0, 0.05) is 5.39 Å². The van der Waals surface area contributed by atoms with Crippen molar-refractivity contribution < 1.29 is 4.42 Å². The van der Waals surface area contributed by atoms with E-state index in [0.717, 1.165) is 48.2 Å². The summed E-state index contributed by atoms with van der Waals surface area (Å²) in [6, 6.07) is 6.52. The second-order valence-corrected chi connectivity index (χ2v) is 5.36. The largest absolute Gasteiger partial charge is 0.460 e. The van der Waals surface area contributed by atoms with E-state index in [4.69, 9.17) is 4.42 Å². The molecule has 1 aliphatic heterocycles. The third-order valence-corrected chi connectivity index (χ3v) is 4.23. The predicted molar refractivity (Wildman–Crippen MR) is 75.2 cm³/mol. The van der Waals surface area contributed by atoms with Gasteiger partial charge < -0.3 is 9.73 Å². The lowest BCUT2D eigenvalue weighted by Gasteiger charge is -2.23. The third-order valence-electron chi connectivity index (χ3n) is 4.23. The summed E-state index contributed by atoms with van der Waals surface area (Å²) in [5, 5.41) is 13.8. The van der Waals surface area contributed by atoms with Gasteiger partial charge in [-0.25, -0.2) is 0 Å². The lowest BCUT2D eigenvalue weighted by atomic mass is 9.88. The third kappa shape index (κ3) is 2.02. The van der Waals surface area contributed by atoms with Crippen LogP contribution >= 0.6 is 0 Å². The van der Waals surface area contributed by atoms with Crippen LogP contribution in [0.2, 0.25) is 0 Å². The molecule has 3 nitrogen and oxygen atoms in total. The second-order valence-electron chi connectivity index (χ2n) is 5.36. The fraction of sp³-hybridized carbons (Fsp3) is 0.438. The van der Waals surface area contributed by atoms with Gasteiger partial charge in [0.1, 0.15) is 11.8 Å². The number of furan rings is 1. The van der Waals surface area contributed by atoms with Gasteiger partial charge in [-0.05, 0) is 69.0 Å². The Morgan fingerprint density at radius 1 is 1.26 bits per heavy atom. The van der Waals surface area contributed by atoms with E-state index in [2.05, 4.69) is 24.4 Å². The van der Waals surface area contributed by atoms with Crippen LogP contribution in [0.5, 0.6) is 0 Å². The van der Waals surface area contributed by atoms with Crippen molar-refractivity contribution in [3.63, 3.8) is 0 Å². The van der Waals surface area contributed by atoms with Crippen LogP contribution in [0.1, 0.15) is 41.2 Å². The van der Waals surface area contributed by atoms with Crippen LogP contribution < -0.4 is 5.32 Å². The number of hydrogen-bond acceptors (Lipinski definition) is 3. The first-order chi connectivity index (χ1) is 9.20. The Bertz CT molecular complexity index is 657. The SMILES string of the molecule is Cc1oc2c(C#N)cc(C3CCNCC3)cc2c1C. The van der Waals surface area contributed by atoms with Crippen LogP contribution in [-0.2, 0) is 0 Å². The van der Waals surface area contributed by atoms with Gasteiger partial charge in [0.15, 0.2) is 5.58 Å². The van der Waals surface area contributed by atoms with Crippen LogP contribution in [0.25, 0.3) is 11.0 Å². The first-order valence-corrected chi connectivity index (χ1v) is 6.85. The quantitative estimate of drug-likeness (QED) is 0.848. The summed E-state index contributed by atoms with van der Waals surface area (Å²) in [7, 11) is 0. The summed E-state index contributed by atoms with van der Waals surface area (Å²) in [6.07, 6.45) is 2.29. The minimum Gasteiger partial charge on any atom is -0.460 e. The zero-order chi connectivity index (χ0) is 13.4. The molecule has 2 aromatic rings. The Balaban J connectivity index is 2.16. The first-order valence-electron chi connectivity index (χ1n) is 6.85. The van der Waals surface area contributed by atoms with Gasteiger partial charge in [0.2, 0.25) is 0 Å². The van der Waals surface area contributed by atoms with Crippen LogP contribution in [-0.4, -0.2) is 13.1 Å². The molecular weight excluding hydrogens is 236 g/mol. The molecule has 98 valence electrons. The molecule has 1 fully saturated rings. The summed E-state index contributed by atoms with van der Waals surface area (Å²) < 4.78 is 5.73. The lowest BCUT2D eigenvalue weighted by molar-refractivity contribution is 0.460. The molecule has 19 heavy (non-hydrogen) atoms. The van der Waals surface area contributed by atoms with E-state index < -0.39 is 0 Å². The van der Waals surface area contributed by atoms with E-state index in [1.807, 2.05) is 13.0 Å². The standard InChI is InChI=1S/C16H18N2O/c1-10-11(2)19-16-14(9-17)7-13(8-15(10)16)12-3-5-18-6-4-12/h7-8,12,18H,3-6H2,1-2H3. The van der Waals surface area contributed by atoms with E-state index in [9.17, 15) is 5.26 Å². The van der Waals surface area contributed by atoms with E-state index in [-0.39, 0.29) is 0 Å². The van der Waals surface area contributed by atoms with Gasteiger partial charge in [0.25, 0.3) is 0 Å². The average molecular weight is 254 g/mol. The summed E-state index contributed by atoms with van der Waals surface area (Å²) in [6.45, 7) is 6.15. The van der Waals surface area contributed by atoms with Crippen molar-refractivity contribution in [2.24, 2.45) is 0 Å². The molecule has 0 aliphatic carbocycles. The maximum absolute atomic E-state index is 9.34. The van der Waals surface area contributed by atoms with Gasteiger partial charge >= 0.3 is 0 Å². The topological polar surface area (TPSA) is 49.0 Å². The van der Waals surface area contributed by atoms with Gasteiger partial charge in [-0.3, -0.25) is 0 Å². The van der Waals surface area contributed by atoms with E-state index >= 15 is 0 Å². The Morgan fingerprint density at radius 3 is 2.68 bits per heavy atom. The Morgan fingerprint density at radius 2 is 2.00 bits per heavy atom. The zero-order valence-electron chi connectivity index (χ0n) is 11.4. The van der Waals surface area contributed by atoms with E-state index in [1.165, 1.54) is 5.56 Å². The number of fused-ring (bicyclic) bond motifs is 1. The molecule has 0 amide bonds. The van der Waals surface area contributed by atoms with E-state index in [1.54, 1.807) is 0 Å². The highest BCUT2D eigenvalue weighted by molar-refractivity contribution is 5.87. The Kier molecular flexibility index (Phi) is 3.04. The number of nitrogens with one attached hydrogen (secondary N) is 1. The van der Waals surface area contributed by atoms with Crippen LogP contribution in [0.3, 0.4) is 0 Å². The number of rotatable bonds is 1. The fourth-order valence-corrected chi connectivity index (χ4v) is 2.93. The first kappa shape index (κ1) is 12.3. The highest BCUT2D eigenvalue weighted by Gasteiger charge is 2.19. The monoisotopic (exact) mass is 254 g/mol. The lowest BCUT2D eigenvalue weighted by Crippen LogP contribution is -2.26. The zero-order valence-corrected chi connectivity index (χ0v) is 11.4. The molecule has 3 rings (SSSR count). The molecule has 0 atom stereocenters. The number of piperidine rings is 1. The Hall–Kier alpha value is -1.79. The number of nitriles is 1. The minimum atomic E-state index is 0.562. The van der Waals surface area contributed by atoms with Crippen LogP contribution in [0.4, 0.5) is 0 Å². The van der Waals surface area contributed by atoms with Gasteiger partial charge in [-0.15, -0.1) is 0 Å². The molecule has 0 spiro atoms. The Labute approximate surface area is 113 Å². The number of benzene rings is 1. The number of hydrogen-bond donors (Lipinski definition) is 1. The van der Waals surface area contributed by atoms with Crippen molar-refractivity contribution >= 4 is 11.0 Å². The second kappa shape index (κ2) is 4.71. The van der Waals surface area contributed by atoms with Crippen molar-refractivity contribution in [3.8, 4) is 6.07 Å². The number of aryl methyl sites for hydroxylation is 2. The molecular formula is C16H18N2O. The minimum absolute atomic E-state index is 0.562.